The van der Waals surface area contributed by atoms with Gasteiger partial charge in [0.05, 0.1) is 11.0 Å². The van der Waals surface area contributed by atoms with Crippen LogP contribution in [0, 0.1) is 12.8 Å². The summed E-state index contributed by atoms with van der Waals surface area (Å²) in [6, 6.07) is 6.77. The van der Waals surface area contributed by atoms with Crippen LogP contribution in [-0.4, -0.2) is 15.6 Å². The van der Waals surface area contributed by atoms with E-state index < -0.39 is 0 Å². The zero-order valence-corrected chi connectivity index (χ0v) is 11.2. The van der Waals surface area contributed by atoms with Gasteiger partial charge in [0.15, 0.2) is 0 Å². The second-order valence-corrected chi connectivity index (χ2v) is 5.47. The summed E-state index contributed by atoms with van der Waals surface area (Å²) in [5.41, 5.74) is 9.84. The Balaban J connectivity index is 1.99. The molecular weight excluding hydrogens is 222 g/mol. The summed E-state index contributed by atoms with van der Waals surface area (Å²) in [7, 11) is 0. The highest BCUT2D eigenvalue weighted by Gasteiger charge is 2.29. The number of imidazole rings is 1. The minimum absolute atomic E-state index is 0.285. The fraction of sp³-hybridized carbons (Fsp3) is 0.533. The molecule has 1 fully saturated rings. The third-order valence-electron chi connectivity index (χ3n) is 3.94. The fourth-order valence-corrected chi connectivity index (χ4v) is 2.70. The van der Waals surface area contributed by atoms with Crippen LogP contribution in [-0.2, 0) is 13.0 Å². The Kier molecular flexibility index (Phi) is 2.86. The van der Waals surface area contributed by atoms with E-state index in [-0.39, 0.29) is 6.04 Å². The molecule has 2 N–H and O–H groups in total. The minimum Gasteiger partial charge on any atom is -0.328 e. The van der Waals surface area contributed by atoms with Crippen molar-refractivity contribution >= 4 is 11.0 Å². The lowest BCUT2D eigenvalue weighted by atomic mass is 10.1. The van der Waals surface area contributed by atoms with Crippen LogP contribution in [0.5, 0.6) is 0 Å². The molecule has 0 spiro atoms. The van der Waals surface area contributed by atoms with E-state index in [1.807, 2.05) is 0 Å². The largest absolute Gasteiger partial charge is 0.328 e. The Hall–Kier alpha value is -1.35. The molecule has 3 heteroatoms. The number of rotatable bonds is 4. The standard InChI is InChI=1S/C15H21N3/c1-3-18-14-7-4-10(2)8-13(14)17-15(18)9-12(16)11-5-6-11/h4,7-8,11-12H,3,5-6,9,16H2,1-2H3. The highest BCUT2D eigenvalue weighted by atomic mass is 15.1. The first-order valence-corrected chi connectivity index (χ1v) is 6.90. The highest BCUT2D eigenvalue weighted by molar-refractivity contribution is 5.76. The zero-order chi connectivity index (χ0) is 12.7. The average molecular weight is 243 g/mol. The lowest BCUT2D eigenvalue weighted by Crippen LogP contribution is -2.26. The number of aromatic nitrogens is 2. The summed E-state index contributed by atoms with van der Waals surface area (Å²) in [6.07, 6.45) is 3.51. The quantitative estimate of drug-likeness (QED) is 0.897. The molecule has 0 aliphatic heterocycles. The predicted molar refractivity (Wildman–Crippen MR) is 74.5 cm³/mol. The van der Waals surface area contributed by atoms with E-state index in [4.69, 9.17) is 10.7 Å². The van der Waals surface area contributed by atoms with Crippen molar-refractivity contribution in [2.24, 2.45) is 11.7 Å². The van der Waals surface area contributed by atoms with Gasteiger partial charge in [-0.1, -0.05) is 6.07 Å². The van der Waals surface area contributed by atoms with Crippen LogP contribution in [0.15, 0.2) is 18.2 Å². The van der Waals surface area contributed by atoms with Gasteiger partial charge in [0, 0.05) is 19.0 Å². The Bertz CT molecular complexity index is 566. The number of aryl methyl sites for hydroxylation is 2. The van der Waals surface area contributed by atoms with Crippen LogP contribution in [0.25, 0.3) is 11.0 Å². The van der Waals surface area contributed by atoms with Crippen LogP contribution in [0.2, 0.25) is 0 Å². The molecule has 1 aliphatic rings. The van der Waals surface area contributed by atoms with E-state index in [1.54, 1.807) is 0 Å². The number of fused-ring (bicyclic) bond motifs is 1. The third-order valence-corrected chi connectivity index (χ3v) is 3.94. The second kappa shape index (κ2) is 4.39. The molecular formula is C15H21N3. The molecule has 1 aromatic heterocycles. The number of hydrogen-bond acceptors (Lipinski definition) is 2. The van der Waals surface area contributed by atoms with Gasteiger partial charge in [-0.25, -0.2) is 4.98 Å². The van der Waals surface area contributed by atoms with Crippen molar-refractivity contribution in [2.45, 2.75) is 45.7 Å². The van der Waals surface area contributed by atoms with Crippen molar-refractivity contribution in [2.75, 3.05) is 0 Å². The van der Waals surface area contributed by atoms with Crippen molar-refractivity contribution in [3.05, 3.63) is 29.6 Å². The van der Waals surface area contributed by atoms with Crippen molar-refractivity contribution in [3.8, 4) is 0 Å². The molecule has 3 nitrogen and oxygen atoms in total. The molecule has 0 bridgehead atoms. The maximum atomic E-state index is 6.23. The van der Waals surface area contributed by atoms with Gasteiger partial charge in [0.2, 0.25) is 0 Å². The van der Waals surface area contributed by atoms with Crippen LogP contribution in [0.4, 0.5) is 0 Å². The minimum atomic E-state index is 0.285. The third kappa shape index (κ3) is 2.03. The van der Waals surface area contributed by atoms with Gasteiger partial charge in [-0.3, -0.25) is 0 Å². The molecule has 1 heterocycles. The molecule has 1 atom stereocenters. The molecule has 1 aliphatic carbocycles. The Morgan fingerprint density at radius 1 is 1.44 bits per heavy atom. The van der Waals surface area contributed by atoms with Crippen LogP contribution in [0.1, 0.15) is 31.2 Å². The number of nitrogens with two attached hydrogens (primary N) is 1. The first kappa shape index (κ1) is 11.7. The van der Waals surface area contributed by atoms with Gasteiger partial charge in [0.1, 0.15) is 5.82 Å². The second-order valence-electron chi connectivity index (χ2n) is 5.47. The van der Waals surface area contributed by atoms with Gasteiger partial charge in [-0.2, -0.15) is 0 Å². The summed E-state index contributed by atoms with van der Waals surface area (Å²) >= 11 is 0. The van der Waals surface area contributed by atoms with Crippen LogP contribution in [0.3, 0.4) is 0 Å². The summed E-state index contributed by atoms with van der Waals surface area (Å²) in [6.45, 7) is 5.25. The van der Waals surface area contributed by atoms with Gasteiger partial charge < -0.3 is 10.3 Å². The van der Waals surface area contributed by atoms with Crippen molar-refractivity contribution in [3.63, 3.8) is 0 Å². The molecule has 18 heavy (non-hydrogen) atoms. The maximum Gasteiger partial charge on any atom is 0.111 e. The number of hydrogen-bond donors (Lipinski definition) is 1. The van der Waals surface area contributed by atoms with E-state index in [0.29, 0.717) is 0 Å². The van der Waals surface area contributed by atoms with E-state index in [2.05, 4.69) is 36.6 Å². The Morgan fingerprint density at radius 3 is 2.89 bits per heavy atom. The normalized spacial score (nSPS) is 17.3. The fourth-order valence-electron chi connectivity index (χ4n) is 2.70. The monoisotopic (exact) mass is 243 g/mol. The highest BCUT2D eigenvalue weighted by Crippen LogP contribution is 2.33. The van der Waals surface area contributed by atoms with E-state index in [0.717, 1.165) is 30.2 Å². The number of benzene rings is 1. The van der Waals surface area contributed by atoms with E-state index >= 15 is 0 Å². The topological polar surface area (TPSA) is 43.8 Å². The molecule has 1 aromatic carbocycles. The van der Waals surface area contributed by atoms with Crippen molar-refractivity contribution < 1.29 is 0 Å². The van der Waals surface area contributed by atoms with Gasteiger partial charge >= 0.3 is 0 Å². The van der Waals surface area contributed by atoms with Gasteiger partial charge in [-0.05, 0) is 50.3 Å². The van der Waals surface area contributed by atoms with Gasteiger partial charge in [0.25, 0.3) is 0 Å². The summed E-state index contributed by atoms with van der Waals surface area (Å²) in [5, 5.41) is 0. The first-order valence-electron chi connectivity index (χ1n) is 6.90. The SMILES string of the molecule is CCn1c(CC(N)C2CC2)nc2cc(C)ccc21. The average Bonchev–Trinajstić information content (AvgIpc) is 3.12. The van der Waals surface area contributed by atoms with Crippen molar-refractivity contribution in [1.29, 1.82) is 0 Å². The van der Waals surface area contributed by atoms with Crippen LogP contribution < -0.4 is 5.73 Å². The molecule has 3 rings (SSSR count). The summed E-state index contributed by atoms with van der Waals surface area (Å²) in [4.78, 5) is 4.78. The molecule has 2 aromatic rings. The van der Waals surface area contributed by atoms with E-state index in [9.17, 15) is 0 Å². The molecule has 0 amide bonds. The molecule has 1 unspecified atom stereocenters. The summed E-state index contributed by atoms with van der Waals surface area (Å²) < 4.78 is 2.30. The smallest absolute Gasteiger partial charge is 0.111 e. The van der Waals surface area contributed by atoms with Crippen LogP contribution >= 0.6 is 0 Å². The Labute approximate surface area is 108 Å². The first-order chi connectivity index (χ1) is 8.69. The molecule has 1 saturated carbocycles. The lowest BCUT2D eigenvalue weighted by Gasteiger charge is -2.11. The zero-order valence-electron chi connectivity index (χ0n) is 11.2. The Morgan fingerprint density at radius 2 is 2.22 bits per heavy atom. The predicted octanol–water partition coefficient (Wildman–Crippen LogP) is 2.64. The molecule has 0 radical (unpaired) electrons. The lowest BCUT2D eigenvalue weighted by molar-refractivity contribution is 0.557. The number of nitrogens with zero attached hydrogens (tertiary/aromatic N) is 2. The summed E-state index contributed by atoms with van der Waals surface area (Å²) in [5.74, 6) is 1.88. The molecule has 0 saturated heterocycles. The van der Waals surface area contributed by atoms with Crippen molar-refractivity contribution in [1.82, 2.24) is 9.55 Å². The maximum absolute atomic E-state index is 6.23. The van der Waals surface area contributed by atoms with E-state index in [1.165, 1.54) is 23.9 Å². The van der Waals surface area contributed by atoms with Gasteiger partial charge in [-0.15, -0.1) is 0 Å². The molecule has 96 valence electrons.